The monoisotopic (exact) mass is 317 g/mol. The minimum Gasteiger partial charge on any atom is -0.375 e. The lowest BCUT2D eigenvalue weighted by molar-refractivity contribution is -0.124. The summed E-state index contributed by atoms with van der Waals surface area (Å²) in [7, 11) is 0. The van der Waals surface area contributed by atoms with Gasteiger partial charge in [-0.3, -0.25) is 4.79 Å². The number of nitrogens with zero attached hydrogens (tertiary/aromatic N) is 1. The molecule has 0 spiro atoms. The summed E-state index contributed by atoms with van der Waals surface area (Å²) in [5.74, 6) is 0.00478. The average Bonchev–Trinajstić information content (AvgIpc) is 3.04. The first kappa shape index (κ1) is 15.1. The van der Waals surface area contributed by atoms with E-state index >= 15 is 0 Å². The first-order valence-corrected chi connectivity index (χ1v) is 8.28. The second-order valence-electron chi connectivity index (χ2n) is 5.17. The van der Waals surface area contributed by atoms with Gasteiger partial charge in [-0.2, -0.15) is 0 Å². The van der Waals surface area contributed by atoms with Crippen LogP contribution < -0.4 is 10.6 Å². The molecule has 0 aliphatic carbocycles. The van der Waals surface area contributed by atoms with E-state index in [1.165, 1.54) is 0 Å². The van der Waals surface area contributed by atoms with Gasteiger partial charge in [-0.25, -0.2) is 4.98 Å². The summed E-state index contributed by atoms with van der Waals surface area (Å²) in [5.41, 5.74) is 2.05. The third-order valence-corrected chi connectivity index (χ3v) is 4.32. The molecule has 0 unspecified atom stereocenters. The summed E-state index contributed by atoms with van der Waals surface area (Å²) in [6.07, 6.45) is 0.370. The smallest absolute Gasteiger partial charge is 0.223 e. The summed E-state index contributed by atoms with van der Waals surface area (Å²) in [5, 5.41) is 9.06. The van der Waals surface area contributed by atoms with E-state index < -0.39 is 0 Å². The highest BCUT2D eigenvalue weighted by atomic mass is 32.1. The molecule has 1 atom stereocenters. The predicted octanol–water partition coefficient (Wildman–Crippen LogP) is 1.80. The molecule has 1 amide bonds. The molecule has 22 heavy (non-hydrogen) atoms. The van der Waals surface area contributed by atoms with Gasteiger partial charge < -0.3 is 15.4 Å². The number of benzene rings is 1. The molecular formula is C16H19N3O2S. The van der Waals surface area contributed by atoms with Crippen LogP contribution in [0.2, 0.25) is 0 Å². The number of rotatable bonds is 5. The third kappa shape index (κ3) is 4.13. The van der Waals surface area contributed by atoms with Crippen LogP contribution in [-0.4, -0.2) is 36.7 Å². The van der Waals surface area contributed by atoms with Crippen molar-refractivity contribution in [2.24, 2.45) is 0 Å². The highest BCUT2D eigenvalue weighted by molar-refractivity contribution is 7.09. The molecule has 1 aromatic heterocycles. The Hall–Kier alpha value is -1.76. The summed E-state index contributed by atoms with van der Waals surface area (Å²) in [4.78, 5) is 16.5. The summed E-state index contributed by atoms with van der Waals surface area (Å²) >= 11 is 1.56. The minimum atomic E-state index is -0.0232. The Balaban J connectivity index is 1.49. The van der Waals surface area contributed by atoms with Gasteiger partial charge in [0.25, 0.3) is 0 Å². The number of morpholine rings is 1. The lowest BCUT2D eigenvalue weighted by Gasteiger charge is -2.22. The van der Waals surface area contributed by atoms with Crippen molar-refractivity contribution in [3.05, 3.63) is 40.7 Å². The summed E-state index contributed by atoms with van der Waals surface area (Å²) in [6.45, 7) is 2.74. The first-order chi connectivity index (χ1) is 10.8. The van der Waals surface area contributed by atoms with Crippen molar-refractivity contribution in [1.29, 1.82) is 0 Å². The molecule has 3 rings (SSSR count). The Morgan fingerprint density at radius 3 is 3.05 bits per heavy atom. The van der Waals surface area contributed by atoms with Gasteiger partial charge in [-0.1, -0.05) is 30.3 Å². The Labute approximate surface area is 133 Å². The number of nitrogens with one attached hydrogen (secondary N) is 2. The largest absolute Gasteiger partial charge is 0.375 e. The number of aromatic nitrogens is 1. The molecule has 2 N–H and O–H groups in total. The molecule has 0 radical (unpaired) electrons. The normalized spacial score (nSPS) is 18.1. The molecule has 5 nitrogen and oxygen atoms in total. The molecule has 1 aliphatic rings. The number of hydrogen-bond donors (Lipinski definition) is 2. The quantitative estimate of drug-likeness (QED) is 0.883. The minimum absolute atomic E-state index is 0.00478. The van der Waals surface area contributed by atoms with Crippen LogP contribution in [0.25, 0.3) is 11.3 Å². The topological polar surface area (TPSA) is 63.2 Å². The number of ether oxygens (including phenoxy) is 1. The van der Waals surface area contributed by atoms with E-state index in [9.17, 15) is 4.79 Å². The second-order valence-corrected chi connectivity index (χ2v) is 6.11. The highest BCUT2D eigenvalue weighted by Gasteiger charge is 2.17. The van der Waals surface area contributed by atoms with Crippen molar-refractivity contribution >= 4 is 17.2 Å². The fourth-order valence-electron chi connectivity index (χ4n) is 2.34. The molecule has 1 saturated heterocycles. The zero-order chi connectivity index (χ0) is 15.2. The molecule has 2 heterocycles. The maximum atomic E-state index is 11.9. The average molecular weight is 317 g/mol. The molecule has 116 valence electrons. The van der Waals surface area contributed by atoms with E-state index in [2.05, 4.69) is 15.6 Å². The maximum Gasteiger partial charge on any atom is 0.223 e. The number of carbonyl (C=O) groups is 1. The van der Waals surface area contributed by atoms with Gasteiger partial charge in [0.1, 0.15) is 5.01 Å². The summed E-state index contributed by atoms with van der Waals surface area (Å²) < 4.78 is 5.53. The Morgan fingerprint density at radius 2 is 2.27 bits per heavy atom. The van der Waals surface area contributed by atoms with Crippen LogP contribution in [0.1, 0.15) is 11.4 Å². The molecule has 1 aromatic carbocycles. The third-order valence-electron chi connectivity index (χ3n) is 3.48. The molecule has 0 saturated carbocycles. The fourth-order valence-corrected chi connectivity index (χ4v) is 3.08. The molecule has 6 heteroatoms. The molecule has 0 bridgehead atoms. The highest BCUT2D eigenvalue weighted by Crippen LogP contribution is 2.21. The van der Waals surface area contributed by atoms with Crippen LogP contribution in [0.4, 0.5) is 0 Å². The number of amides is 1. The van der Waals surface area contributed by atoms with E-state index in [-0.39, 0.29) is 12.0 Å². The Kier molecular flexibility index (Phi) is 5.15. The van der Waals surface area contributed by atoms with Crippen LogP contribution in [0.5, 0.6) is 0 Å². The van der Waals surface area contributed by atoms with Gasteiger partial charge >= 0.3 is 0 Å². The zero-order valence-corrected chi connectivity index (χ0v) is 13.1. The van der Waals surface area contributed by atoms with Gasteiger partial charge in [0.05, 0.1) is 31.4 Å². The van der Waals surface area contributed by atoms with Gasteiger partial charge in [0.2, 0.25) is 5.91 Å². The van der Waals surface area contributed by atoms with E-state index in [1.54, 1.807) is 11.3 Å². The fraction of sp³-hybridized carbons (Fsp3) is 0.375. The predicted molar refractivity (Wildman–Crippen MR) is 86.6 cm³/mol. The second kappa shape index (κ2) is 7.49. The maximum absolute atomic E-state index is 11.9. The van der Waals surface area contributed by atoms with Crippen molar-refractivity contribution in [3.63, 3.8) is 0 Å². The van der Waals surface area contributed by atoms with Gasteiger partial charge in [0.15, 0.2) is 0 Å². The van der Waals surface area contributed by atoms with E-state index in [4.69, 9.17) is 4.74 Å². The van der Waals surface area contributed by atoms with Crippen molar-refractivity contribution in [1.82, 2.24) is 15.6 Å². The number of carbonyl (C=O) groups excluding carboxylic acids is 1. The van der Waals surface area contributed by atoms with Crippen LogP contribution in [0.3, 0.4) is 0 Å². The van der Waals surface area contributed by atoms with E-state index in [0.29, 0.717) is 19.6 Å². The Morgan fingerprint density at radius 1 is 1.41 bits per heavy atom. The lowest BCUT2D eigenvalue weighted by Crippen LogP contribution is -2.41. The van der Waals surface area contributed by atoms with Crippen molar-refractivity contribution in [3.8, 4) is 11.3 Å². The van der Waals surface area contributed by atoms with E-state index in [0.717, 1.165) is 29.4 Å². The Bertz CT molecular complexity index is 609. The van der Waals surface area contributed by atoms with Crippen molar-refractivity contribution < 1.29 is 9.53 Å². The number of hydrogen-bond acceptors (Lipinski definition) is 5. The van der Waals surface area contributed by atoms with Crippen LogP contribution in [0.15, 0.2) is 35.7 Å². The standard InChI is InChI=1S/C16H19N3O2S/c20-15(8-13-9-17-6-7-21-13)18-10-16-19-14(11-22-16)12-4-2-1-3-5-12/h1-5,11,13,17H,6-10H2,(H,18,20)/t13-/m1/s1. The molecule has 1 fully saturated rings. The molecular weight excluding hydrogens is 298 g/mol. The van der Waals surface area contributed by atoms with Gasteiger partial charge in [-0.05, 0) is 0 Å². The first-order valence-electron chi connectivity index (χ1n) is 7.40. The van der Waals surface area contributed by atoms with Crippen molar-refractivity contribution in [2.75, 3.05) is 19.7 Å². The van der Waals surface area contributed by atoms with E-state index in [1.807, 2.05) is 35.7 Å². The van der Waals surface area contributed by atoms with Crippen LogP contribution in [0, 0.1) is 0 Å². The van der Waals surface area contributed by atoms with Crippen LogP contribution >= 0.6 is 11.3 Å². The zero-order valence-electron chi connectivity index (χ0n) is 12.2. The summed E-state index contributed by atoms with van der Waals surface area (Å²) in [6, 6.07) is 10.0. The SMILES string of the molecule is O=C(C[C@@H]1CNCCO1)NCc1nc(-c2ccccc2)cs1. The van der Waals surface area contributed by atoms with Crippen LogP contribution in [-0.2, 0) is 16.1 Å². The van der Waals surface area contributed by atoms with Crippen molar-refractivity contribution in [2.45, 2.75) is 19.1 Å². The van der Waals surface area contributed by atoms with Gasteiger partial charge in [0, 0.05) is 24.0 Å². The molecule has 2 aromatic rings. The lowest BCUT2D eigenvalue weighted by atomic mass is 10.2. The van der Waals surface area contributed by atoms with Gasteiger partial charge in [-0.15, -0.1) is 11.3 Å². The number of thiazole rings is 1. The molecule has 1 aliphatic heterocycles.